The molecule has 3 rings (SSSR count). The lowest BCUT2D eigenvalue weighted by Crippen LogP contribution is -2.24. The summed E-state index contributed by atoms with van der Waals surface area (Å²) in [4.78, 5) is 41.3. The van der Waals surface area contributed by atoms with Gasteiger partial charge in [0.15, 0.2) is 0 Å². The number of primary amides is 2. The van der Waals surface area contributed by atoms with Crippen molar-refractivity contribution in [1.29, 1.82) is 0 Å². The van der Waals surface area contributed by atoms with E-state index < -0.39 is 11.8 Å². The van der Waals surface area contributed by atoms with E-state index in [1.54, 1.807) is 31.2 Å². The Morgan fingerprint density at radius 2 is 1.89 bits per heavy atom. The Labute approximate surface area is 163 Å². The van der Waals surface area contributed by atoms with Crippen molar-refractivity contribution in [3.63, 3.8) is 0 Å². The Morgan fingerprint density at radius 3 is 2.48 bits per heavy atom. The Kier molecular flexibility index (Phi) is 5.29. The van der Waals surface area contributed by atoms with Crippen molar-refractivity contribution in [2.24, 2.45) is 11.5 Å². The summed E-state index contributed by atoms with van der Waals surface area (Å²) in [5, 5.41) is 0.927. The van der Waals surface area contributed by atoms with Gasteiger partial charge in [-0.25, -0.2) is 4.98 Å². The topological polar surface area (TPSA) is 121 Å². The van der Waals surface area contributed by atoms with E-state index >= 15 is 0 Å². The molecule has 0 saturated heterocycles. The molecule has 7 nitrogen and oxygen atoms in total. The number of carbonyl (C=O) groups is 2. The molecule has 27 heavy (non-hydrogen) atoms. The second-order valence-electron chi connectivity index (χ2n) is 6.07. The van der Waals surface area contributed by atoms with Crippen LogP contribution in [0.1, 0.15) is 28.1 Å². The number of thiophene rings is 1. The molecule has 0 aliphatic heterocycles. The number of nitrogens with zero attached hydrogens (tertiary/aromatic N) is 2. The molecule has 4 N–H and O–H groups in total. The molecule has 2 aromatic heterocycles. The summed E-state index contributed by atoms with van der Waals surface area (Å²) in [6.45, 7) is 1.95. The van der Waals surface area contributed by atoms with Gasteiger partial charge in [0.2, 0.25) is 5.91 Å². The normalized spacial score (nSPS) is 11.0. The molecule has 2 amide bonds. The molecule has 0 aliphatic carbocycles. The third-order valence-corrected chi connectivity index (χ3v) is 5.63. The Bertz CT molecular complexity index is 1100. The lowest BCUT2D eigenvalue weighted by Gasteiger charge is -2.12. The number of hydrogen-bond acceptors (Lipinski definition) is 5. The van der Waals surface area contributed by atoms with Crippen molar-refractivity contribution >= 4 is 45.0 Å². The highest BCUT2D eigenvalue weighted by molar-refractivity contribution is 7.20. The van der Waals surface area contributed by atoms with E-state index in [9.17, 15) is 14.4 Å². The predicted molar refractivity (Wildman–Crippen MR) is 106 cm³/mol. The zero-order chi connectivity index (χ0) is 19.7. The highest BCUT2D eigenvalue weighted by Gasteiger charge is 2.21. The fraction of sp³-hybridized carbons (Fsp3) is 0.222. The first-order valence-corrected chi connectivity index (χ1v) is 9.37. The van der Waals surface area contributed by atoms with Crippen LogP contribution in [0.25, 0.3) is 21.6 Å². The monoisotopic (exact) mass is 404 g/mol. The summed E-state index contributed by atoms with van der Waals surface area (Å²) in [5.41, 5.74) is 11.6. The van der Waals surface area contributed by atoms with E-state index in [0.717, 1.165) is 11.3 Å². The number of hydrogen-bond donors (Lipinski definition) is 2. The third-order valence-electron chi connectivity index (χ3n) is 4.18. The van der Waals surface area contributed by atoms with Gasteiger partial charge >= 0.3 is 0 Å². The second kappa shape index (κ2) is 7.50. The molecule has 0 fully saturated rings. The molecule has 0 unspecified atom stereocenters. The fourth-order valence-corrected chi connectivity index (χ4v) is 4.04. The highest BCUT2D eigenvalue weighted by atomic mass is 35.5. The molecule has 0 spiro atoms. The molecule has 140 valence electrons. The van der Waals surface area contributed by atoms with Crippen LogP contribution in [0.15, 0.2) is 29.1 Å². The Morgan fingerprint density at radius 1 is 1.22 bits per heavy atom. The number of halogens is 1. The van der Waals surface area contributed by atoms with E-state index in [1.807, 2.05) is 0 Å². The number of fused-ring (bicyclic) bond motifs is 1. The molecular weight excluding hydrogens is 388 g/mol. The largest absolute Gasteiger partial charge is 0.370 e. The first-order chi connectivity index (χ1) is 12.8. The predicted octanol–water partition coefficient (Wildman–Crippen LogP) is 2.45. The van der Waals surface area contributed by atoms with Gasteiger partial charge in [-0.15, -0.1) is 11.3 Å². The van der Waals surface area contributed by atoms with Gasteiger partial charge in [0, 0.05) is 23.6 Å². The zero-order valence-corrected chi connectivity index (χ0v) is 16.1. The van der Waals surface area contributed by atoms with Crippen LogP contribution in [0.4, 0.5) is 0 Å². The molecule has 9 heteroatoms. The Hall–Kier alpha value is -2.71. The van der Waals surface area contributed by atoms with Crippen LogP contribution >= 0.6 is 22.9 Å². The van der Waals surface area contributed by atoms with Gasteiger partial charge in [-0.3, -0.25) is 19.0 Å². The number of amides is 2. The highest BCUT2D eigenvalue weighted by Crippen LogP contribution is 2.29. The van der Waals surface area contributed by atoms with Crippen LogP contribution < -0.4 is 17.0 Å². The average molecular weight is 405 g/mol. The standard InChI is InChI=1S/C18H17ClN4O3S/c1-9-13-17(27-14(9)15(21)25)22-16(10-4-6-11(19)7-5-10)23(18(13)26)8-2-3-12(20)24/h4-7H,2-3,8H2,1H3,(H2,20,24)(H2,21,25). The Balaban J connectivity index is 2.24. The van der Waals surface area contributed by atoms with Gasteiger partial charge in [-0.2, -0.15) is 0 Å². The van der Waals surface area contributed by atoms with Crippen LogP contribution in [0.5, 0.6) is 0 Å². The van der Waals surface area contributed by atoms with Gasteiger partial charge in [0.05, 0.1) is 10.3 Å². The van der Waals surface area contributed by atoms with Crippen molar-refractivity contribution < 1.29 is 9.59 Å². The van der Waals surface area contributed by atoms with Gasteiger partial charge in [0.25, 0.3) is 11.5 Å². The van der Waals surface area contributed by atoms with Crippen molar-refractivity contribution in [3.8, 4) is 11.4 Å². The summed E-state index contributed by atoms with van der Waals surface area (Å²) in [7, 11) is 0. The smallest absolute Gasteiger partial charge is 0.262 e. The maximum absolute atomic E-state index is 13.2. The maximum Gasteiger partial charge on any atom is 0.262 e. The molecule has 2 heterocycles. The zero-order valence-electron chi connectivity index (χ0n) is 14.5. The van der Waals surface area contributed by atoms with Crippen molar-refractivity contribution in [1.82, 2.24) is 9.55 Å². The van der Waals surface area contributed by atoms with Gasteiger partial charge in [-0.05, 0) is 43.2 Å². The number of carbonyl (C=O) groups excluding carboxylic acids is 2. The van der Waals surface area contributed by atoms with Gasteiger partial charge in [0.1, 0.15) is 10.7 Å². The number of aromatic nitrogens is 2. The van der Waals surface area contributed by atoms with E-state index in [-0.39, 0.29) is 18.5 Å². The number of aryl methyl sites for hydroxylation is 1. The van der Waals surface area contributed by atoms with Crippen molar-refractivity contribution in [2.75, 3.05) is 0 Å². The molecule has 3 aromatic rings. The summed E-state index contributed by atoms with van der Waals surface area (Å²) in [6.07, 6.45) is 0.550. The molecule has 0 aliphatic rings. The minimum atomic E-state index is -0.594. The lowest BCUT2D eigenvalue weighted by atomic mass is 10.1. The molecular formula is C18H17ClN4O3S. The van der Waals surface area contributed by atoms with E-state index in [4.69, 9.17) is 23.1 Å². The fourth-order valence-electron chi connectivity index (χ4n) is 2.89. The number of rotatable bonds is 6. The molecule has 0 saturated carbocycles. The number of nitrogens with two attached hydrogens (primary N) is 2. The van der Waals surface area contributed by atoms with Crippen molar-refractivity contribution in [3.05, 3.63) is 50.1 Å². The first kappa shape index (κ1) is 19.1. The molecule has 0 atom stereocenters. The lowest BCUT2D eigenvalue weighted by molar-refractivity contribution is -0.118. The van der Waals surface area contributed by atoms with E-state index in [1.165, 1.54) is 4.57 Å². The summed E-state index contributed by atoms with van der Waals surface area (Å²) < 4.78 is 1.50. The van der Waals surface area contributed by atoms with Gasteiger partial charge < -0.3 is 11.5 Å². The second-order valence-corrected chi connectivity index (χ2v) is 7.51. The minimum Gasteiger partial charge on any atom is -0.370 e. The first-order valence-electron chi connectivity index (χ1n) is 8.17. The van der Waals surface area contributed by atoms with Gasteiger partial charge in [-0.1, -0.05) is 11.6 Å². The van der Waals surface area contributed by atoms with Crippen LogP contribution in [0.3, 0.4) is 0 Å². The summed E-state index contributed by atoms with van der Waals surface area (Å²) in [5.74, 6) is -0.595. The van der Waals surface area contributed by atoms with Crippen molar-refractivity contribution in [2.45, 2.75) is 26.3 Å². The average Bonchev–Trinajstić information content (AvgIpc) is 2.94. The minimum absolute atomic E-state index is 0.152. The summed E-state index contributed by atoms with van der Waals surface area (Å²) in [6, 6.07) is 6.93. The molecule has 0 bridgehead atoms. The third kappa shape index (κ3) is 3.72. The van der Waals surface area contributed by atoms with Crippen LogP contribution in [0.2, 0.25) is 5.02 Å². The maximum atomic E-state index is 13.2. The van der Waals surface area contributed by atoms with Crippen LogP contribution in [0, 0.1) is 6.92 Å². The van der Waals surface area contributed by atoms with E-state index in [2.05, 4.69) is 4.98 Å². The molecule has 0 radical (unpaired) electrons. The van der Waals surface area contributed by atoms with Crippen LogP contribution in [-0.2, 0) is 11.3 Å². The quantitative estimate of drug-likeness (QED) is 0.655. The van der Waals surface area contributed by atoms with E-state index in [0.29, 0.717) is 43.5 Å². The summed E-state index contributed by atoms with van der Waals surface area (Å²) >= 11 is 7.05. The number of benzene rings is 1. The van der Waals surface area contributed by atoms with Crippen LogP contribution in [-0.4, -0.2) is 21.4 Å². The molecule has 1 aromatic carbocycles. The SMILES string of the molecule is Cc1c(C(N)=O)sc2nc(-c3ccc(Cl)cc3)n(CCCC(N)=O)c(=O)c12.